The molecule has 3 rings (SSSR count). The molecular formula is C19H21N3O5S. The second-order valence-electron chi connectivity index (χ2n) is 6.49. The van der Waals surface area contributed by atoms with Crippen LogP contribution in [0.4, 0.5) is 17.1 Å². The predicted octanol–water partition coefficient (Wildman–Crippen LogP) is 1.75. The number of para-hydroxylation sites is 2. The molecule has 0 atom stereocenters. The smallest absolute Gasteiger partial charge is 0.248 e. The van der Waals surface area contributed by atoms with E-state index >= 15 is 0 Å². The van der Waals surface area contributed by atoms with Gasteiger partial charge in [-0.25, -0.2) is 8.42 Å². The van der Waals surface area contributed by atoms with Crippen molar-refractivity contribution >= 4 is 38.9 Å². The number of carbonyl (C=O) groups excluding carboxylic acids is 2. The van der Waals surface area contributed by atoms with E-state index < -0.39 is 22.5 Å². The minimum absolute atomic E-state index is 0.182. The summed E-state index contributed by atoms with van der Waals surface area (Å²) >= 11 is 0. The van der Waals surface area contributed by atoms with Crippen LogP contribution in [0.3, 0.4) is 0 Å². The number of anilines is 3. The number of hydrogen-bond acceptors (Lipinski definition) is 5. The van der Waals surface area contributed by atoms with Crippen molar-refractivity contribution in [2.24, 2.45) is 0 Å². The molecule has 1 N–H and O–H groups in total. The quantitative estimate of drug-likeness (QED) is 0.821. The Labute approximate surface area is 163 Å². The van der Waals surface area contributed by atoms with Gasteiger partial charge in [-0.05, 0) is 36.8 Å². The predicted molar refractivity (Wildman–Crippen MR) is 107 cm³/mol. The lowest BCUT2D eigenvalue weighted by atomic mass is 10.2. The van der Waals surface area contributed by atoms with E-state index in [0.29, 0.717) is 17.1 Å². The highest BCUT2D eigenvalue weighted by atomic mass is 32.2. The monoisotopic (exact) mass is 403 g/mol. The minimum Gasteiger partial charge on any atom is -0.495 e. The molecule has 0 aromatic heterocycles. The summed E-state index contributed by atoms with van der Waals surface area (Å²) in [6, 6.07) is 12.0. The van der Waals surface area contributed by atoms with Crippen LogP contribution in [0.5, 0.6) is 5.75 Å². The minimum atomic E-state index is -3.79. The first-order valence-corrected chi connectivity index (χ1v) is 10.4. The van der Waals surface area contributed by atoms with Crippen LogP contribution in [0.25, 0.3) is 0 Å². The molecule has 28 heavy (non-hydrogen) atoms. The molecule has 0 spiro atoms. The van der Waals surface area contributed by atoms with Crippen LogP contribution in [0, 0.1) is 6.92 Å². The highest BCUT2D eigenvalue weighted by Gasteiger charge is 2.31. The third-order valence-corrected chi connectivity index (χ3v) is 5.48. The SMILES string of the molecule is COc1ccc(C)cc1N(CC(=O)N1CC(=O)Nc2ccccc21)S(C)(=O)=O. The number of nitrogens with one attached hydrogen (secondary N) is 1. The fourth-order valence-electron chi connectivity index (χ4n) is 3.04. The number of amides is 2. The molecule has 2 aromatic carbocycles. The van der Waals surface area contributed by atoms with Crippen LogP contribution in [0.1, 0.15) is 5.56 Å². The number of aryl methyl sites for hydroxylation is 1. The van der Waals surface area contributed by atoms with Crippen molar-refractivity contribution in [1.29, 1.82) is 0 Å². The zero-order valence-electron chi connectivity index (χ0n) is 15.8. The highest BCUT2D eigenvalue weighted by molar-refractivity contribution is 7.92. The summed E-state index contributed by atoms with van der Waals surface area (Å²) in [6.45, 7) is 1.18. The Morgan fingerprint density at radius 2 is 1.96 bits per heavy atom. The summed E-state index contributed by atoms with van der Waals surface area (Å²) in [6.07, 6.45) is 1.03. The highest BCUT2D eigenvalue weighted by Crippen LogP contribution is 2.33. The van der Waals surface area contributed by atoms with Gasteiger partial charge >= 0.3 is 0 Å². The standard InChI is InChI=1S/C19H21N3O5S/c1-13-8-9-17(27-2)16(10-13)22(28(3,25)26)12-19(24)21-11-18(23)20-14-6-4-5-7-15(14)21/h4-10H,11-12H2,1-3H3,(H,20,23). The molecule has 0 radical (unpaired) electrons. The molecular weight excluding hydrogens is 382 g/mol. The number of hydrogen-bond donors (Lipinski definition) is 1. The first-order valence-electron chi connectivity index (χ1n) is 8.52. The molecule has 9 heteroatoms. The first kappa shape index (κ1) is 19.7. The van der Waals surface area contributed by atoms with Gasteiger partial charge < -0.3 is 10.1 Å². The Balaban J connectivity index is 1.99. The molecule has 2 aromatic rings. The molecule has 2 amide bonds. The topological polar surface area (TPSA) is 96.0 Å². The number of carbonyl (C=O) groups is 2. The Morgan fingerprint density at radius 1 is 1.25 bits per heavy atom. The summed E-state index contributed by atoms with van der Waals surface area (Å²) in [4.78, 5) is 26.3. The Kier molecular flexibility index (Phi) is 5.28. The van der Waals surface area contributed by atoms with Gasteiger partial charge in [0.2, 0.25) is 21.8 Å². The molecule has 0 aliphatic carbocycles. The van der Waals surface area contributed by atoms with E-state index in [1.807, 2.05) is 6.92 Å². The van der Waals surface area contributed by atoms with Gasteiger partial charge in [-0.2, -0.15) is 0 Å². The van der Waals surface area contributed by atoms with E-state index in [1.54, 1.807) is 42.5 Å². The largest absolute Gasteiger partial charge is 0.495 e. The van der Waals surface area contributed by atoms with Gasteiger partial charge in [0.1, 0.15) is 18.8 Å². The third-order valence-electron chi connectivity index (χ3n) is 4.35. The summed E-state index contributed by atoms with van der Waals surface area (Å²) in [7, 11) is -2.35. The van der Waals surface area contributed by atoms with Crippen LogP contribution < -0.4 is 19.3 Å². The van der Waals surface area contributed by atoms with Crippen LogP contribution in [0.15, 0.2) is 42.5 Å². The summed E-state index contributed by atoms with van der Waals surface area (Å²) < 4.78 is 31.2. The molecule has 1 aliphatic rings. The van der Waals surface area contributed by atoms with Gasteiger partial charge in [0, 0.05) is 0 Å². The van der Waals surface area contributed by atoms with Crippen molar-refractivity contribution in [2.45, 2.75) is 6.92 Å². The van der Waals surface area contributed by atoms with E-state index in [1.165, 1.54) is 12.0 Å². The lowest BCUT2D eigenvalue weighted by Gasteiger charge is -2.31. The van der Waals surface area contributed by atoms with Gasteiger partial charge in [-0.15, -0.1) is 0 Å². The van der Waals surface area contributed by atoms with E-state index in [4.69, 9.17) is 4.74 Å². The fourth-order valence-corrected chi connectivity index (χ4v) is 3.88. The number of fused-ring (bicyclic) bond motifs is 1. The average molecular weight is 403 g/mol. The van der Waals surface area contributed by atoms with Crippen LogP contribution in [-0.2, 0) is 19.6 Å². The second-order valence-corrected chi connectivity index (χ2v) is 8.40. The number of nitrogens with zero attached hydrogens (tertiary/aromatic N) is 2. The molecule has 0 saturated carbocycles. The van der Waals surface area contributed by atoms with Gasteiger partial charge in [-0.1, -0.05) is 18.2 Å². The summed E-state index contributed by atoms with van der Waals surface area (Å²) in [5.74, 6) is -0.525. The van der Waals surface area contributed by atoms with Crippen molar-refractivity contribution in [1.82, 2.24) is 0 Å². The first-order chi connectivity index (χ1) is 13.2. The average Bonchev–Trinajstić information content (AvgIpc) is 2.64. The second kappa shape index (κ2) is 7.51. The molecule has 148 valence electrons. The van der Waals surface area contributed by atoms with Crippen molar-refractivity contribution in [3.8, 4) is 5.75 Å². The van der Waals surface area contributed by atoms with Crippen molar-refractivity contribution in [2.75, 3.05) is 41.0 Å². The van der Waals surface area contributed by atoms with Gasteiger partial charge in [0.05, 0.1) is 30.4 Å². The third kappa shape index (κ3) is 3.94. The van der Waals surface area contributed by atoms with Crippen molar-refractivity contribution in [3.05, 3.63) is 48.0 Å². The molecule has 0 saturated heterocycles. The zero-order valence-corrected chi connectivity index (χ0v) is 16.6. The Hall–Kier alpha value is -3.07. The number of ether oxygens (including phenoxy) is 1. The molecule has 0 bridgehead atoms. The molecule has 1 heterocycles. The Bertz CT molecular complexity index is 1040. The maximum atomic E-state index is 13.0. The fraction of sp³-hybridized carbons (Fsp3) is 0.263. The van der Waals surface area contributed by atoms with Crippen molar-refractivity contribution in [3.63, 3.8) is 0 Å². The Morgan fingerprint density at radius 3 is 2.64 bits per heavy atom. The molecule has 8 nitrogen and oxygen atoms in total. The number of rotatable bonds is 5. The zero-order chi connectivity index (χ0) is 20.5. The van der Waals surface area contributed by atoms with Crippen LogP contribution >= 0.6 is 0 Å². The summed E-state index contributed by atoms with van der Waals surface area (Å²) in [5, 5.41) is 2.70. The van der Waals surface area contributed by atoms with Crippen LogP contribution in [0.2, 0.25) is 0 Å². The maximum absolute atomic E-state index is 13.0. The normalized spacial score (nSPS) is 13.5. The lowest BCUT2D eigenvalue weighted by Crippen LogP contribution is -2.47. The van der Waals surface area contributed by atoms with E-state index in [9.17, 15) is 18.0 Å². The molecule has 0 fully saturated rings. The van der Waals surface area contributed by atoms with E-state index in [0.717, 1.165) is 16.1 Å². The number of sulfonamides is 1. The number of methoxy groups -OCH3 is 1. The van der Waals surface area contributed by atoms with Gasteiger partial charge in [0.25, 0.3) is 0 Å². The van der Waals surface area contributed by atoms with Gasteiger partial charge in [-0.3, -0.25) is 18.8 Å². The number of benzene rings is 2. The van der Waals surface area contributed by atoms with Gasteiger partial charge in [0.15, 0.2) is 0 Å². The maximum Gasteiger partial charge on any atom is 0.248 e. The van der Waals surface area contributed by atoms with Crippen LogP contribution in [-0.4, -0.2) is 46.7 Å². The van der Waals surface area contributed by atoms with E-state index in [-0.39, 0.29) is 18.1 Å². The molecule has 1 aliphatic heterocycles. The molecule has 0 unspecified atom stereocenters. The lowest BCUT2D eigenvalue weighted by molar-refractivity contribution is -0.121. The summed E-state index contributed by atoms with van der Waals surface area (Å²) in [5.41, 5.74) is 2.12. The van der Waals surface area contributed by atoms with Crippen molar-refractivity contribution < 1.29 is 22.7 Å². The van der Waals surface area contributed by atoms with E-state index in [2.05, 4.69) is 5.32 Å².